The van der Waals surface area contributed by atoms with Gasteiger partial charge in [-0.25, -0.2) is 14.0 Å². The molecule has 1 N–H and O–H groups in total. The number of likely N-dealkylation sites (tertiary alicyclic amines) is 1. The van der Waals surface area contributed by atoms with E-state index in [2.05, 4.69) is 0 Å². The van der Waals surface area contributed by atoms with Crippen LogP contribution in [0.3, 0.4) is 0 Å². The number of nitrogens with zero attached hydrogens (tertiary/aromatic N) is 1. The number of carbonyl (C=O) groups excluding carboxylic acids is 1. The predicted molar refractivity (Wildman–Crippen MR) is 58.4 cm³/mol. The van der Waals surface area contributed by atoms with Crippen molar-refractivity contribution >= 4 is 12.1 Å². The number of carbonyl (C=O) groups is 2. The maximum Gasteiger partial charge on any atom is 0.410 e. The molecule has 0 unspecified atom stereocenters. The summed E-state index contributed by atoms with van der Waals surface area (Å²) in [6, 6.07) is 0. The van der Waals surface area contributed by atoms with E-state index in [4.69, 9.17) is 9.84 Å². The van der Waals surface area contributed by atoms with Crippen LogP contribution in [0.1, 0.15) is 27.2 Å². The summed E-state index contributed by atoms with van der Waals surface area (Å²) in [5.41, 5.74) is -0.600. The summed E-state index contributed by atoms with van der Waals surface area (Å²) in [6.45, 7) is 5.67. The molecule has 0 radical (unpaired) electrons. The average molecular weight is 247 g/mol. The Morgan fingerprint density at radius 3 is 2.53 bits per heavy atom. The molecule has 1 heterocycles. The van der Waals surface area contributed by atoms with Crippen LogP contribution in [-0.4, -0.2) is 46.9 Å². The molecule has 98 valence electrons. The van der Waals surface area contributed by atoms with Crippen LogP contribution in [0.5, 0.6) is 0 Å². The molecule has 0 aromatic rings. The van der Waals surface area contributed by atoms with Crippen molar-refractivity contribution in [3.8, 4) is 0 Å². The largest absolute Gasteiger partial charge is 0.479 e. The minimum atomic E-state index is -1.91. The van der Waals surface area contributed by atoms with E-state index in [1.807, 2.05) is 0 Å². The lowest BCUT2D eigenvalue weighted by Gasteiger charge is -2.24. The maximum absolute atomic E-state index is 13.2. The number of halogens is 1. The van der Waals surface area contributed by atoms with Crippen LogP contribution in [-0.2, 0) is 9.53 Å². The SMILES string of the molecule is CC(C)(C)OC(=O)N1CC[C@H]([C@@H](F)C(=O)O)C1. The first-order valence-corrected chi connectivity index (χ1v) is 5.55. The molecule has 1 amide bonds. The standard InChI is InChI=1S/C11H18FNO4/c1-11(2,3)17-10(16)13-5-4-7(6-13)8(12)9(14)15/h7-8H,4-6H2,1-3H3,(H,14,15)/t7-,8+/m0/s1. The molecule has 1 saturated heterocycles. The number of carboxylic acids is 1. The van der Waals surface area contributed by atoms with Gasteiger partial charge in [-0.1, -0.05) is 0 Å². The van der Waals surface area contributed by atoms with Crippen molar-refractivity contribution in [2.75, 3.05) is 13.1 Å². The summed E-state index contributed by atoms with van der Waals surface area (Å²) in [6.07, 6.45) is -2.08. The molecule has 0 aliphatic carbocycles. The second-order valence-electron chi connectivity index (χ2n) is 5.22. The van der Waals surface area contributed by atoms with Crippen LogP contribution in [0.25, 0.3) is 0 Å². The molecule has 6 heteroatoms. The molecule has 0 aromatic heterocycles. The lowest BCUT2D eigenvalue weighted by atomic mass is 10.0. The van der Waals surface area contributed by atoms with E-state index in [9.17, 15) is 14.0 Å². The third-order valence-electron chi connectivity index (χ3n) is 2.53. The summed E-state index contributed by atoms with van der Waals surface area (Å²) in [4.78, 5) is 23.5. The molecule has 2 atom stereocenters. The number of aliphatic carboxylic acids is 1. The number of amides is 1. The molecule has 0 aromatic carbocycles. The monoisotopic (exact) mass is 247 g/mol. The zero-order valence-corrected chi connectivity index (χ0v) is 10.3. The van der Waals surface area contributed by atoms with Crippen molar-refractivity contribution in [1.29, 1.82) is 0 Å². The Morgan fingerprint density at radius 2 is 2.06 bits per heavy atom. The molecule has 1 aliphatic rings. The lowest BCUT2D eigenvalue weighted by molar-refractivity contribution is -0.144. The highest BCUT2D eigenvalue weighted by Crippen LogP contribution is 2.23. The van der Waals surface area contributed by atoms with Gasteiger partial charge in [-0.2, -0.15) is 0 Å². The number of carboxylic acid groups (broad SMARTS) is 1. The Bertz CT molecular complexity index is 313. The molecule has 1 rings (SSSR count). The van der Waals surface area contributed by atoms with Gasteiger partial charge in [0.05, 0.1) is 0 Å². The van der Waals surface area contributed by atoms with E-state index in [0.717, 1.165) is 0 Å². The van der Waals surface area contributed by atoms with Crippen molar-refractivity contribution in [3.05, 3.63) is 0 Å². The minimum Gasteiger partial charge on any atom is -0.479 e. The number of hydrogen-bond acceptors (Lipinski definition) is 3. The Balaban J connectivity index is 2.50. The summed E-state index contributed by atoms with van der Waals surface area (Å²) >= 11 is 0. The van der Waals surface area contributed by atoms with Crippen LogP contribution < -0.4 is 0 Å². The minimum absolute atomic E-state index is 0.0996. The summed E-state index contributed by atoms with van der Waals surface area (Å²) in [5.74, 6) is -2.11. The average Bonchev–Trinajstić information content (AvgIpc) is 2.62. The van der Waals surface area contributed by atoms with Crippen LogP contribution in [0, 0.1) is 5.92 Å². The van der Waals surface area contributed by atoms with Crippen LogP contribution in [0.4, 0.5) is 9.18 Å². The molecule has 0 spiro atoms. The van der Waals surface area contributed by atoms with Gasteiger partial charge in [0.15, 0.2) is 0 Å². The highest BCUT2D eigenvalue weighted by molar-refractivity contribution is 5.73. The Kier molecular flexibility index (Phi) is 3.95. The van der Waals surface area contributed by atoms with Gasteiger partial charge in [0.25, 0.3) is 0 Å². The fraction of sp³-hybridized carbons (Fsp3) is 0.818. The van der Waals surface area contributed by atoms with Gasteiger partial charge in [-0.05, 0) is 27.2 Å². The molecule has 5 nitrogen and oxygen atoms in total. The topological polar surface area (TPSA) is 66.8 Å². The summed E-state index contributed by atoms with van der Waals surface area (Å²) in [5, 5.41) is 8.54. The van der Waals surface area contributed by atoms with Crippen molar-refractivity contribution in [2.45, 2.75) is 39.0 Å². The third-order valence-corrected chi connectivity index (χ3v) is 2.53. The normalized spacial score (nSPS) is 22.4. The van der Waals surface area contributed by atoms with E-state index in [0.29, 0.717) is 13.0 Å². The van der Waals surface area contributed by atoms with Crippen LogP contribution in [0.15, 0.2) is 0 Å². The van der Waals surface area contributed by atoms with Gasteiger partial charge >= 0.3 is 12.1 Å². The Hall–Kier alpha value is -1.33. The van der Waals surface area contributed by atoms with E-state index in [1.54, 1.807) is 20.8 Å². The van der Waals surface area contributed by atoms with Gasteiger partial charge in [0, 0.05) is 19.0 Å². The second-order valence-corrected chi connectivity index (χ2v) is 5.22. The molecular formula is C11H18FNO4. The van der Waals surface area contributed by atoms with E-state index >= 15 is 0 Å². The number of alkyl halides is 1. The second kappa shape index (κ2) is 4.89. The first-order chi connectivity index (χ1) is 7.70. The fourth-order valence-electron chi connectivity index (χ4n) is 1.72. The Morgan fingerprint density at radius 1 is 1.47 bits per heavy atom. The van der Waals surface area contributed by atoms with E-state index in [-0.39, 0.29) is 6.54 Å². The summed E-state index contributed by atoms with van der Waals surface area (Å²) < 4.78 is 18.4. The quantitative estimate of drug-likeness (QED) is 0.806. The fourth-order valence-corrected chi connectivity index (χ4v) is 1.72. The molecule has 1 fully saturated rings. The number of hydrogen-bond donors (Lipinski definition) is 1. The molecule has 0 bridgehead atoms. The number of rotatable bonds is 2. The van der Waals surface area contributed by atoms with Gasteiger partial charge in [-0.3, -0.25) is 0 Å². The third kappa shape index (κ3) is 3.87. The maximum atomic E-state index is 13.2. The van der Waals surface area contributed by atoms with Gasteiger partial charge in [0.1, 0.15) is 5.60 Å². The Labute approximate surface area is 99.5 Å². The van der Waals surface area contributed by atoms with Crippen LogP contribution in [0.2, 0.25) is 0 Å². The molecular weight excluding hydrogens is 229 g/mol. The van der Waals surface area contributed by atoms with Crippen molar-refractivity contribution < 1.29 is 23.8 Å². The van der Waals surface area contributed by atoms with Gasteiger partial charge in [-0.15, -0.1) is 0 Å². The highest BCUT2D eigenvalue weighted by Gasteiger charge is 2.37. The number of ether oxygens (including phenoxy) is 1. The van der Waals surface area contributed by atoms with E-state index < -0.39 is 29.8 Å². The predicted octanol–water partition coefficient (Wildman–Crippen LogP) is 1.67. The van der Waals surface area contributed by atoms with Gasteiger partial charge in [0.2, 0.25) is 6.17 Å². The first-order valence-electron chi connectivity index (χ1n) is 5.55. The van der Waals surface area contributed by atoms with Crippen molar-refractivity contribution in [1.82, 2.24) is 4.90 Å². The lowest BCUT2D eigenvalue weighted by Crippen LogP contribution is -2.36. The van der Waals surface area contributed by atoms with Crippen LogP contribution >= 0.6 is 0 Å². The van der Waals surface area contributed by atoms with Gasteiger partial charge < -0.3 is 14.7 Å². The summed E-state index contributed by atoms with van der Waals surface area (Å²) in [7, 11) is 0. The zero-order chi connectivity index (χ0) is 13.2. The van der Waals surface area contributed by atoms with Crippen molar-refractivity contribution in [3.63, 3.8) is 0 Å². The molecule has 17 heavy (non-hydrogen) atoms. The first kappa shape index (κ1) is 13.7. The zero-order valence-electron chi connectivity index (χ0n) is 10.3. The highest BCUT2D eigenvalue weighted by atomic mass is 19.1. The molecule has 1 aliphatic heterocycles. The van der Waals surface area contributed by atoms with E-state index in [1.165, 1.54) is 4.90 Å². The molecule has 0 saturated carbocycles. The smallest absolute Gasteiger partial charge is 0.410 e. The van der Waals surface area contributed by atoms with Crippen molar-refractivity contribution in [2.24, 2.45) is 5.92 Å².